The number of carbonyl (C=O) groups excluding carboxylic acids is 2. The molecule has 0 atom stereocenters. The van der Waals surface area contributed by atoms with Gasteiger partial charge in [-0.3, -0.25) is 9.59 Å². The largest absolute Gasteiger partial charge is 0.435 e. The third kappa shape index (κ3) is 7.10. The summed E-state index contributed by atoms with van der Waals surface area (Å²) in [6.07, 6.45) is 0. The topological polar surface area (TPSA) is 67.4 Å². The summed E-state index contributed by atoms with van der Waals surface area (Å²) in [6.45, 7) is -1.12. The number of rotatable bonds is 8. The number of hydrogen-bond acceptors (Lipinski definition) is 4. The van der Waals surface area contributed by atoms with Gasteiger partial charge in [0.2, 0.25) is 11.8 Å². The number of carbonyl (C=O) groups is 2. The lowest BCUT2D eigenvalue weighted by atomic mass is 10.2. The predicted octanol–water partition coefficient (Wildman–Crippen LogP) is 3.65. The molecular weight excluding hydrogens is 362 g/mol. The van der Waals surface area contributed by atoms with E-state index in [4.69, 9.17) is 0 Å². The van der Waals surface area contributed by atoms with E-state index in [0.717, 1.165) is 10.5 Å². The standard InChI is InChI=1S/C18H18F2N2O3S/c1-12(23)22-14-4-8-16(9-5-14)26-11-17(24)21-10-13-2-6-15(7-3-13)25-18(19)20/h2-9,18H,10-11H2,1H3,(H,21,24)(H,22,23). The summed E-state index contributed by atoms with van der Waals surface area (Å²) in [7, 11) is 0. The van der Waals surface area contributed by atoms with Gasteiger partial charge in [-0.2, -0.15) is 8.78 Å². The molecule has 0 fully saturated rings. The Hall–Kier alpha value is -2.61. The van der Waals surface area contributed by atoms with E-state index < -0.39 is 6.61 Å². The molecule has 26 heavy (non-hydrogen) atoms. The second-order valence-corrected chi connectivity index (χ2v) is 6.34. The van der Waals surface area contributed by atoms with Crippen molar-refractivity contribution in [3.05, 3.63) is 54.1 Å². The predicted molar refractivity (Wildman–Crippen MR) is 96.4 cm³/mol. The molecule has 0 aliphatic carbocycles. The van der Waals surface area contributed by atoms with Crippen molar-refractivity contribution in [3.63, 3.8) is 0 Å². The third-order valence-electron chi connectivity index (χ3n) is 3.18. The van der Waals surface area contributed by atoms with Crippen LogP contribution in [0.2, 0.25) is 0 Å². The summed E-state index contributed by atoms with van der Waals surface area (Å²) >= 11 is 1.37. The zero-order chi connectivity index (χ0) is 18.9. The van der Waals surface area contributed by atoms with Crippen molar-refractivity contribution in [1.29, 1.82) is 0 Å². The van der Waals surface area contributed by atoms with Crippen LogP contribution in [-0.4, -0.2) is 24.2 Å². The number of ether oxygens (including phenoxy) is 1. The first-order chi connectivity index (χ1) is 12.4. The molecule has 0 saturated heterocycles. The second kappa shape index (κ2) is 9.76. The first kappa shape index (κ1) is 19.7. The van der Waals surface area contributed by atoms with Crippen molar-refractivity contribution in [2.45, 2.75) is 25.0 Å². The SMILES string of the molecule is CC(=O)Nc1ccc(SCC(=O)NCc2ccc(OC(F)F)cc2)cc1. The summed E-state index contributed by atoms with van der Waals surface area (Å²) in [6, 6.07) is 13.3. The summed E-state index contributed by atoms with van der Waals surface area (Å²) in [5, 5.41) is 5.43. The Bertz CT molecular complexity index is 737. The number of alkyl halides is 2. The summed E-state index contributed by atoms with van der Waals surface area (Å²) in [5.41, 5.74) is 1.48. The first-order valence-electron chi connectivity index (χ1n) is 7.73. The second-order valence-electron chi connectivity index (χ2n) is 5.29. The maximum atomic E-state index is 12.1. The van der Waals surface area contributed by atoms with Crippen LogP contribution in [0, 0.1) is 0 Å². The Balaban J connectivity index is 1.74. The summed E-state index contributed by atoms with van der Waals surface area (Å²) in [4.78, 5) is 23.8. The molecule has 0 bridgehead atoms. The van der Waals surface area contributed by atoms with E-state index in [2.05, 4.69) is 15.4 Å². The number of hydrogen-bond donors (Lipinski definition) is 2. The van der Waals surface area contributed by atoms with Gasteiger partial charge in [0.05, 0.1) is 5.75 Å². The minimum Gasteiger partial charge on any atom is -0.435 e. The molecular formula is C18H18F2N2O3S. The van der Waals surface area contributed by atoms with Crippen molar-refractivity contribution in [1.82, 2.24) is 5.32 Å². The van der Waals surface area contributed by atoms with Crippen molar-refractivity contribution >= 4 is 29.3 Å². The minimum atomic E-state index is -2.86. The Morgan fingerprint density at radius 2 is 1.73 bits per heavy atom. The molecule has 0 aliphatic heterocycles. The van der Waals surface area contributed by atoms with Gasteiger partial charge in [0, 0.05) is 24.1 Å². The molecule has 8 heteroatoms. The quantitative estimate of drug-likeness (QED) is 0.686. The number of thioether (sulfide) groups is 1. The van der Waals surface area contributed by atoms with E-state index in [0.29, 0.717) is 12.2 Å². The lowest BCUT2D eigenvalue weighted by molar-refractivity contribution is -0.118. The summed E-state index contributed by atoms with van der Waals surface area (Å²) < 4.78 is 28.4. The Morgan fingerprint density at radius 3 is 2.31 bits per heavy atom. The average molecular weight is 380 g/mol. The number of nitrogens with one attached hydrogen (secondary N) is 2. The van der Waals surface area contributed by atoms with E-state index in [-0.39, 0.29) is 23.3 Å². The van der Waals surface area contributed by atoms with E-state index in [1.807, 2.05) is 12.1 Å². The molecule has 2 aromatic rings. The monoisotopic (exact) mass is 380 g/mol. The smallest absolute Gasteiger partial charge is 0.387 e. The van der Waals surface area contributed by atoms with Gasteiger partial charge in [-0.25, -0.2) is 0 Å². The average Bonchev–Trinajstić information content (AvgIpc) is 2.59. The van der Waals surface area contributed by atoms with Gasteiger partial charge in [-0.05, 0) is 42.0 Å². The fourth-order valence-corrected chi connectivity index (χ4v) is 2.76. The van der Waals surface area contributed by atoms with Gasteiger partial charge in [0.25, 0.3) is 0 Å². The molecule has 0 aliphatic rings. The molecule has 0 radical (unpaired) electrons. The highest BCUT2D eigenvalue weighted by atomic mass is 32.2. The van der Waals surface area contributed by atoms with Crippen molar-refractivity contribution in [3.8, 4) is 5.75 Å². The number of halogens is 2. The van der Waals surface area contributed by atoms with Gasteiger partial charge in [-0.15, -0.1) is 11.8 Å². The van der Waals surface area contributed by atoms with E-state index in [1.54, 1.807) is 24.3 Å². The van der Waals surface area contributed by atoms with Crippen LogP contribution in [0.25, 0.3) is 0 Å². The third-order valence-corrected chi connectivity index (χ3v) is 4.19. The Morgan fingerprint density at radius 1 is 1.08 bits per heavy atom. The lowest BCUT2D eigenvalue weighted by Crippen LogP contribution is -2.24. The number of benzene rings is 2. The highest BCUT2D eigenvalue weighted by Gasteiger charge is 2.06. The molecule has 2 rings (SSSR count). The molecule has 2 amide bonds. The molecule has 5 nitrogen and oxygen atoms in total. The molecule has 0 spiro atoms. The van der Waals surface area contributed by atoms with Crippen LogP contribution in [0.5, 0.6) is 5.75 Å². The molecule has 2 N–H and O–H groups in total. The molecule has 138 valence electrons. The van der Waals surface area contributed by atoms with Gasteiger partial charge in [0.15, 0.2) is 0 Å². The van der Waals surface area contributed by atoms with Crippen molar-refractivity contribution < 1.29 is 23.1 Å². The van der Waals surface area contributed by atoms with Crippen LogP contribution < -0.4 is 15.4 Å². The molecule has 2 aromatic carbocycles. The fraction of sp³-hybridized carbons (Fsp3) is 0.222. The number of amides is 2. The zero-order valence-corrected chi connectivity index (χ0v) is 14.8. The van der Waals surface area contributed by atoms with Crippen LogP contribution in [0.4, 0.5) is 14.5 Å². The van der Waals surface area contributed by atoms with E-state index in [9.17, 15) is 18.4 Å². The molecule has 0 unspecified atom stereocenters. The fourth-order valence-electron chi connectivity index (χ4n) is 2.03. The highest BCUT2D eigenvalue weighted by Crippen LogP contribution is 2.20. The molecule has 0 aromatic heterocycles. The first-order valence-corrected chi connectivity index (χ1v) is 8.72. The summed E-state index contributed by atoms with van der Waals surface area (Å²) in [5.74, 6) is 0.0345. The minimum absolute atomic E-state index is 0.0772. The zero-order valence-electron chi connectivity index (χ0n) is 14.0. The van der Waals surface area contributed by atoms with Gasteiger partial charge < -0.3 is 15.4 Å². The van der Waals surface area contributed by atoms with Crippen LogP contribution in [0.15, 0.2) is 53.4 Å². The normalized spacial score (nSPS) is 10.5. The van der Waals surface area contributed by atoms with Crippen LogP contribution in [0.3, 0.4) is 0 Å². The van der Waals surface area contributed by atoms with Crippen molar-refractivity contribution in [2.75, 3.05) is 11.1 Å². The van der Waals surface area contributed by atoms with E-state index in [1.165, 1.54) is 30.8 Å². The van der Waals surface area contributed by atoms with Gasteiger partial charge in [0.1, 0.15) is 5.75 Å². The number of anilines is 1. The Kier molecular flexibility index (Phi) is 7.40. The van der Waals surface area contributed by atoms with Crippen LogP contribution in [-0.2, 0) is 16.1 Å². The van der Waals surface area contributed by atoms with Crippen LogP contribution >= 0.6 is 11.8 Å². The Labute approximate surface area is 154 Å². The molecule has 0 saturated carbocycles. The van der Waals surface area contributed by atoms with E-state index >= 15 is 0 Å². The van der Waals surface area contributed by atoms with Crippen LogP contribution in [0.1, 0.15) is 12.5 Å². The maximum absolute atomic E-state index is 12.1. The molecule has 0 heterocycles. The van der Waals surface area contributed by atoms with Gasteiger partial charge >= 0.3 is 6.61 Å². The van der Waals surface area contributed by atoms with Crippen molar-refractivity contribution in [2.24, 2.45) is 0 Å². The highest BCUT2D eigenvalue weighted by molar-refractivity contribution is 8.00. The maximum Gasteiger partial charge on any atom is 0.387 e. The lowest BCUT2D eigenvalue weighted by Gasteiger charge is -2.08. The van der Waals surface area contributed by atoms with Gasteiger partial charge in [-0.1, -0.05) is 12.1 Å².